The fourth-order valence-corrected chi connectivity index (χ4v) is 1.92. The molecule has 1 aromatic carbocycles. The Kier molecular flexibility index (Phi) is 6.63. The maximum atomic E-state index is 10.3. The van der Waals surface area contributed by atoms with Crippen molar-refractivity contribution in [3.05, 3.63) is 23.8 Å². The molecule has 4 N–H and O–H groups in total. The molecule has 2 atom stereocenters. The SMILES string of the molecule is CCC(NC(C)(C)C)C(O)c1ccc(O)c(O)c1.Cl. The fraction of sp³-hybridized carbons (Fsp3) is 0.571. The second-order valence-electron chi connectivity index (χ2n) is 5.60. The van der Waals surface area contributed by atoms with Crippen LogP contribution in [0, 0.1) is 0 Å². The number of aliphatic hydroxyl groups is 1. The Morgan fingerprint density at radius 1 is 1.16 bits per heavy atom. The molecule has 0 amide bonds. The van der Waals surface area contributed by atoms with Crippen LogP contribution in [0.3, 0.4) is 0 Å². The zero-order valence-corrected chi connectivity index (χ0v) is 12.7. The molecule has 110 valence electrons. The Balaban J connectivity index is 0.00000324. The largest absolute Gasteiger partial charge is 0.504 e. The fourth-order valence-electron chi connectivity index (χ4n) is 1.92. The molecule has 0 aliphatic rings. The molecule has 0 saturated heterocycles. The highest BCUT2D eigenvalue weighted by atomic mass is 35.5. The molecule has 4 nitrogen and oxygen atoms in total. The number of halogens is 1. The average molecular weight is 290 g/mol. The number of phenols is 2. The minimum Gasteiger partial charge on any atom is -0.504 e. The Bertz CT molecular complexity index is 404. The van der Waals surface area contributed by atoms with Crippen molar-refractivity contribution in [3.8, 4) is 11.5 Å². The van der Waals surface area contributed by atoms with Crippen molar-refractivity contribution in [1.29, 1.82) is 0 Å². The lowest BCUT2D eigenvalue weighted by molar-refractivity contribution is 0.110. The van der Waals surface area contributed by atoms with Crippen molar-refractivity contribution in [3.63, 3.8) is 0 Å². The molecule has 2 unspecified atom stereocenters. The van der Waals surface area contributed by atoms with E-state index in [1.807, 2.05) is 27.7 Å². The first kappa shape index (κ1) is 18.0. The van der Waals surface area contributed by atoms with Gasteiger partial charge in [-0.2, -0.15) is 0 Å². The second-order valence-corrected chi connectivity index (χ2v) is 5.60. The molecule has 0 saturated carbocycles. The number of hydrogen-bond donors (Lipinski definition) is 4. The van der Waals surface area contributed by atoms with Crippen molar-refractivity contribution in [2.75, 3.05) is 0 Å². The molecule has 0 fully saturated rings. The van der Waals surface area contributed by atoms with Gasteiger partial charge in [-0.15, -0.1) is 12.4 Å². The van der Waals surface area contributed by atoms with Crippen LogP contribution in [0.1, 0.15) is 45.8 Å². The summed E-state index contributed by atoms with van der Waals surface area (Å²) in [4.78, 5) is 0. The molecule has 1 aromatic rings. The maximum absolute atomic E-state index is 10.3. The Morgan fingerprint density at radius 2 is 1.74 bits per heavy atom. The predicted molar refractivity (Wildman–Crippen MR) is 78.9 cm³/mol. The maximum Gasteiger partial charge on any atom is 0.157 e. The number of hydrogen-bond acceptors (Lipinski definition) is 4. The van der Waals surface area contributed by atoms with Crippen LogP contribution in [-0.2, 0) is 0 Å². The molecular formula is C14H24ClNO3. The van der Waals surface area contributed by atoms with Crippen LogP contribution in [0.5, 0.6) is 11.5 Å². The third-order valence-corrected chi connectivity index (χ3v) is 2.78. The van der Waals surface area contributed by atoms with Crippen molar-refractivity contribution >= 4 is 12.4 Å². The first-order valence-corrected chi connectivity index (χ1v) is 6.22. The van der Waals surface area contributed by atoms with Gasteiger partial charge in [0.15, 0.2) is 11.5 Å². The minimum absolute atomic E-state index is 0. The smallest absolute Gasteiger partial charge is 0.157 e. The number of rotatable bonds is 4. The van der Waals surface area contributed by atoms with Gasteiger partial charge in [-0.05, 0) is 44.9 Å². The zero-order valence-electron chi connectivity index (χ0n) is 11.8. The van der Waals surface area contributed by atoms with Gasteiger partial charge < -0.3 is 20.6 Å². The summed E-state index contributed by atoms with van der Waals surface area (Å²) in [6.07, 6.45) is 0.0424. The molecule has 1 rings (SSSR count). The number of phenolic OH excluding ortho intramolecular Hbond substituents is 2. The van der Waals surface area contributed by atoms with Crippen LogP contribution in [0.15, 0.2) is 18.2 Å². The third-order valence-electron chi connectivity index (χ3n) is 2.78. The number of benzene rings is 1. The van der Waals surface area contributed by atoms with E-state index in [2.05, 4.69) is 5.32 Å². The first-order chi connectivity index (χ1) is 8.24. The number of aliphatic hydroxyl groups excluding tert-OH is 1. The van der Waals surface area contributed by atoms with Gasteiger partial charge >= 0.3 is 0 Å². The van der Waals surface area contributed by atoms with Crippen LogP contribution in [-0.4, -0.2) is 26.9 Å². The van der Waals surface area contributed by atoms with Crippen molar-refractivity contribution < 1.29 is 15.3 Å². The molecule has 19 heavy (non-hydrogen) atoms. The summed E-state index contributed by atoms with van der Waals surface area (Å²) < 4.78 is 0. The van der Waals surface area contributed by atoms with E-state index < -0.39 is 6.10 Å². The van der Waals surface area contributed by atoms with Crippen molar-refractivity contribution in [2.24, 2.45) is 0 Å². The van der Waals surface area contributed by atoms with Gasteiger partial charge in [-0.25, -0.2) is 0 Å². The summed E-state index contributed by atoms with van der Waals surface area (Å²) in [7, 11) is 0. The second kappa shape index (κ2) is 6.98. The molecular weight excluding hydrogens is 266 g/mol. The van der Waals surface area contributed by atoms with E-state index in [0.717, 1.165) is 6.42 Å². The Hall–Kier alpha value is -0.970. The predicted octanol–water partition coefficient (Wildman–Crippen LogP) is 2.72. The third kappa shape index (κ3) is 5.27. The molecule has 0 aliphatic carbocycles. The highest BCUT2D eigenvalue weighted by molar-refractivity contribution is 5.85. The zero-order chi connectivity index (χ0) is 13.9. The molecule has 0 radical (unpaired) electrons. The molecule has 5 heteroatoms. The van der Waals surface area contributed by atoms with Gasteiger partial charge in [0.05, 0.1) is 6.10 Å². The monoisotopic (exact) mass is 289 g/mol. The topological polar surface area (TPSA) is 72.7 Å². The molecule has 0 bridgehead atoms. The van der Waals surface area contributed by atoms with Gasteiger partial charge in [0.2, 0.25) is 0 Å². The van der Waals surface area contributed by atoms with E-state index in [0.29, 0.717) is 5.56 Å². The highest BCUT2D eigenvalue weighted by Crippen LogP contribution is 2.29. The van der Waals surface area contributed by atoms with Gasteiger partial charge in [0, 0.05) is 11.6 Å². The normalized spacial score (nSPS) is 14.6. The van der Waals surface area contributed by atoms with E-state index in [9.17, 15) is 15.3 Å². The number of aromatic hydroxyl groups is 2. The molecule has 0 aromatic heterocycles. The Labute approximate surface area is 120 Å². The van der Waals surface area contributed by atoms with Crippen molar-refractivity contribution in [2.45, 2.75) is 51.8 Å². The van der Waals surface area contributed by atoms with E-state index in [1.165, 1.54) is 12.1 Å². The first-order valence-electron chi connectivity index (χ1n) is 6.22. The standard InChI is InChI=1S/C14H23NO3.ClH/c1-5-10(15-14(2,3)4)13(18)9-6-7-11(16)12(17)8-9;/h6-8,10,13,15-18H,5H2,1-4H3;1H. The van der Waals surface area contributed by atoms with Gasteiger partial charge in [-0.3, -0.25) is 0 Å². The van der Waals surface area contributed by atoms with Crippen molar-refractivity contribution in [1.82, 2.24) is 5.32 Å². The summed E-state index contributed by atoms with van der Waals surface area (Å²) in [5.74, 6) is -0.389. The number of nitrogens with one attached hydrogen (secondary N) is 1. The lowest BCUT2D eigenvalue weighted by Gasteiger charge is -2.31. The van der Waals surface area contributed by atoms with E-state index in [-0.39, 0.29) is 35.5 Å². The van der Waals surface area contributed by atoms with Gasteiger partial charge in [0.25, 0.3) is 0 Å². The van der Waals surface area contributed by atoms with E-state index in [1.54, 1.807) is 6.07 Å². The van der Waals surface area contributed by atoms with E-state index >= 15 is 0 Å². The van der Waals surface area contributed by atoms with Gasteiger partial charge in [-0.1, -0.05) is 13.0 Å². The summed E-state index contributed by atoms with van der Waals surface area (Å²) in [5.41, 5.74) is 0.495. The lowest BCUT2D eigenvalue weighted by Crippen LogP contribution is -2.46. The molecule has 0 heterocycles. The summed E-state index contributed by atoms with van der Waals surface area (Å²) in [6, 6.07) is 4.30. The average Bonchev–Trinajstić information content (AvgIpc) is 2.27. The van der Waals surface area contributed by atoms with Crippen LogP contribution < -0.4 is 5.32 Å². The quantitative estimate of drug-likeness (QED) is 0.643. The summed E-state index contributed by atoms with van der Waals surface area (Å²) in [6.45, 7) is 8.11. The van der Waals surface area contributed by atoms with Crippen LogP contribution in [0.4, 0.5) is 0 Å². The van der Waals surface area contributed by atoms with Gasteiger partial charge in [0.1, 0.15) is 0 Å². The molecule has 0 aliphatic heterocycles. The van der Waals surface area contributed by atoms with Crippen LogP contribution >= 0.6 is 12.4 Å². The highest BCUT2D eigenvalue weighted by Gasteiger charge is 2.24. The summed E-state index contributed by atoms with van der Waals surface area (Å²) >= 11 is 0. The summed E-state index contributed by atoms with van der Waals surface area (Å²) in [5, 5.41) is 32.4. The molecule has 0 spiro atoms. The Morgan fingerprint density at radius 3 is 2.16 bits per heavy atom. The lowest BCUT2D eigenvalue weighted by atomic mass is 9.96. The van der Waals surface area contributed by atoms with Crippen LogP contribution in [0.2, 0.25) is 0 Å². The van der Waals surface area contributed by atoms with Crippen LogP contribution in [0.25, 0.3) is 0 Å². The van der Waals surface area contributed by atoms with E-state index in [4.69, 9.17) is 0 Å². The minimum atomic E-state index is -0.722.